The van der Waals surface area contributed by atoms with Crippen molar-refractivity contribution in [3.8, 4) is 0 Å². The van der Waals surface area contributed by atoms with Crippen LogP contribution in [0.1, 0.15) is 36.7 Å². The zero-order valence-corrected chi connectivity index (χ0v) is 11.0. The van der Waals surface area contributed by atoms with Gasteiger partial charge in [-0.05, 0) is 39.3 Å². The van der Waals surface area contributed by atoms with Crippen molar-refractivity contribution in [2.75, 3.05) is 0 Å². The Hall–Kier alpha value is -1.49. The van der Waals surface area contributed by atoms with Crippen molar-refractivity contribution in [1.82, 2.24) is 5.32 Å². The molecule has 18 heavy (non-hydrogen) atoms. The number of rotatable bonds is 3. The van der Waals surface area contributed by atoms with E-state index < -0.39 is 23.1 Å². The summed E-state index contributed by atoms with van der Waals surface area (Å²) in [6.07, 6.45) is 0. The van der Waals surface area contributed by atoms with Gasteiger partial charge in [0.25, 0.3) is 5.91 Å². The van der Waals surface area contributed by atoms with Gasteiger partial charge in [-0.1, -0.05) is 0 Å². The Kier molecular flexibility index (Phi) is 4.06. The van der Waals surface area contributed by atoms with Gasteiger partial charge in [0.1, 0.15) is 11.6 Å². The van der Waals surface area contributed by atoms with E-state index in [0.717, 1.165) is 0 Å². The minimum atomic E-state index is -0.879. The molecule has 100 valence electrons. The zero-order chi connectivity index (χ0) is 14.1. The SMILES string of the molecule is Cc1cc(C(=O)NC(C)(C)C(C)N)c(F)cc1F. The Labute approximate surface area is 105 Å². The highest BCUT2D eigenvalue weighted by atomic mass is 19.1. The third-order valence-corrected chi connectivity index (χ3v) is 3.07. The number of hydrogen-bond acceptors (Lipinski definition) is 2. The first kappa shape index (κ1) is 14.6. The van der Waals surface area contributed by atoms with Crippen molar-refractivity contribution < 1.29 is 13.6 Å². The summed E-state index contributed by atoms with van der Waals surface area (Å²) < 4.78 is 26.6. The number of nitrogens with two attached hydrogens (primary N) is 1. The van der Waals surface area contributed by atoms with Gasteiger partial charge in [-0.15, -0.1) is 0 Å². The Morgan fingerprint density at radius 2 is 1.89 bits per heavy atom. The molecular formula is C13H18F2N2O. The van der Waals surface area contributed by atoms with Crippen LogP contribution in [0.3, 0.4) is 0 Å². The molecule has 1 amide bonds. The third kappa shape index (κ3) is 3.04. The maximum atomic E-state index is 13.5. The van der Waals surface area contributed by atoms with Gasteiger partial charge in [0.05, 0.1) is 5.56 Å². The van der Waals surface area contributed by atoms with Gasteiger partial charge in [-0.25, -0.2) is 8.78 Å². The average molecular weight is 256 g/mol. The highest BCUT2D eigenvalue weighted by Crippen LogP contribution is 2.16. The van der Waals surface area contributed by atoms with E-state index in [1.54, 1.807) is 20.8 Å². The minimum Gasteiger partial charge on any atom is -0.346 e. The summed E-state index contributed by atoms with van der Waals surface area (Å²) in [7, 11) is 0. The van der Waals surface area contributed by atoms with Crippen LogP contribution in [0, 0.1) is 18.6 Å². The second-order valence-electron chi connectivity index (χ2n) is 5.05. The van der Waals surface area contributed by atoms with Gasteiger partial charge in [0.15, 0.2) is 0 Å². The maximum Gasteiger partial charge on any atom is 0.254 e. The Morgan fingerprint density at radius 3 is 2.39 bits per heavy atom. The minimum absolute atomic E-state index is 0.178. The highest BCUT2D eigenvalue weighted by molar-refractivity contribution is 5.95. The van der Waals surface area contributed by atoms with Gasteiger partial charge in [0.2, 0.25) is 0 Å². The molecule has 1 rings (SSSR count). The van der Waals surface area contributed by atoms with E-state index in [1.165, 1.54) is 13.0 Å². The number of halogens is 2. The number of carbonyl (C=O) groups excluding carboxylic acids is 1. The van der Waals surface area contributed by atoms with Crippen molar-refractivity contribution in [3.63, 3.8) is 0 Å². The van der Waals surface area contributed by atoms with Crippen molar-refractivity contribution >= 4 is 5.91 Å². The molecule has 1 aromatic rings. The Morgan fingerprint density at radius 1 is 1.33 bits per heavy atom. The zero-order valence-electron chi connectivity index (χ0n) is 11.0. The second kappa shape index (κ2) is 5.02. The van der Waals surface area contributed by atoms with Crippen LogP contribution in [-0.4, -0.2) is 17.5 Å². The molecular weight excluding hydrogens is 238 g/mol. The Bertz CT molecular complexity index is 470. The molecule has 0 spiro atoms. The lowest BCUT2D eigenvalue weighted by Crippen LogP contribution is -2.54. The largest absolute Gasteiger partial charge is 0.346 e. The van der Waals surface area contributed by atoms with Crippen LogP contribution in [0.5, 0.6) is 0 Å². The summed E-state index contributed by atoms with van der Waals surface area (Å²) in [5.74, 6) is -2.15. The summed E-state index contributed by atoms with van der Waals surface area (Å²) in [4.78, 5) is 11.9. The Balaban J connectivity index is 3.02. The van der Waals surface area contributed by atoms with E-state index in [0.29, 0.717) is 6.07 Å². The maximum absolute atomic E-state index is 13.5. The van der Waals surface area contributed by atoms with Crippen molar-refractivity contribution in [1.29, 1.82) is 0 Å². The van der Waals surface area contributed by atoms with Crippen LogP contribution in [0.2, 0.25) is 0 Å². The highest BCUT2D eigenvalue weighted by Gasteiger charge is 2.26. The lowest BCUT2D eigenvalue weighted by molar-refractivity contribution is 0.0899. The predicted octanol–water partition coefficient (Wildman–Crippen LogP) is 2.13. The summed E-state index contributed by atoms with van der Waals surface area (Å²) in [5.41, 5.74) is 5.09. The molecule has 0 bridgehead atoms. The first-order valence-electron chi connectivity index (χ1n) is 5.69. The van der Waals surface area contributed by atoms with Crippen LogP contribution in [0.25, 0.3) is 0 Å². The van der Waals surface area contributed by atoms with Crippen LogP contribution in [0.15, 0.2) is 12.1 Å². The van der Waals surface area contributed by atoms with Crippen molar-refractivity contribution in [3.05, 3.63) is 34.9 Å². The molecule has 0 aliphatic rings. The van der Waals surface area contributed by atoms with E-state index in [-0.39, 0.29) is 17.2 Å². The fourth-order valence-electron chi connectivity index (χ4n) is 1.31. The molecule has 3 nitrogen and oxygen atoms in total. The number of hydrogen-bond donors (Lipinski definition) is 2. The number of nitrogens with one attached hydrogen (secondary N) is 1. The number of carbonyl (C=O) groups is 1. The van der Waals surface area contributed by atoms with Gasteiger partial charge < -0.3 is 11.1 Å². The fraction of sp³-hybridized carbons (Fsp3) is 0.462. The number of aryl methyl sites for hydroxylation is 1. The molecule has 1 atom stereocenters. The molecule has 0 radical (unpaired) electrons. The van der Waals surface area contributed by atoms with Crippen molar-refractivity contribution in [2.45, 2.75) is 39.3 Å². The molecule has 0 fully saturated rings. The van der Waals surface area contributed by atoms with Gasteiger partial charge >= 0.3 is 0 Å². The monoisotopic (exact) mass is 256 g/mol. The first-order chi connectivity index (χ1) is 8.15. The molecule has 5 heteroatoms. The normalized spacial score (nSPS) is 13.3. The second-order valence-corrected chi connectivity index (χ2v) is 5.05. The van der Waals surface area contributed by atoms with Gasteiger partial charge in [0, 0.05) is 17.6 Å². The molecule has 0 aromatic heterocycles. The van der Waals surface area contributed by atoms with E-state index in [2.05, 4.69) is 5.32 Å². The molecule has 0 heterocycles. The topological polar surface area (TPSA) is 55.1 Å². The van der Waals surface area contributed by atoms with Crippen LogP contribution >= 0.6 is 0 Å². The molecule has 0 saturated carbocycles. The molecule has 1 unspecified atom stereocenters. The predicted molar refractivity (Wildman–Crippen MR) is 66.3 cm³/mol. The van der Waals surface area contributed by atoms with Crippen LogP contribution in [0.4, 0.5) is 8.78 Å². The quantitative estimate of drug-likeness (QED) is 0.870. The van der Waals surface area contributed by atoms with E-state index in [1.807, 2.05) is 0 Å². The molecule has 0 aliphatic carbocycles. The molecule has 0 saturated heterocycles. The van der Waals surface area contributed by atoms with E-state index >= 15 is 0 Å². The van der Waals surface area contributed by atoms with Crippen LogP contribution in [-0.2, 0) is 0 Å². The fourth-order valence-corrected chi connectivity index (χ4v) is 1.31. The average Bonchev–Trinajstić information content (AvgIpc) is 2.22. The van der Waals surface area contributed by atoms with E-state index in [9.17, 15) is 13.6 Å². The van der Waals surface area contributed by atoms with Crippen molar-refractivity contribution in [2.24, 2.45) is 5.73 Å². The summed E-state index contributed by atoms with van der Waals surface area (Å²) in [6, 6.07) is 1.60. The third-order valence-electron chi connectivity index (χ3n) is 3.07. The molecule has 1 aromatic carbocycles. The lowest BCUT2D eigenvalue weighted by Gasteiger charge is -2.30. The molecule has 0 aliphatic heterocycles. The number of benzene rings is 1. The molecule has 3 N–H and O–H groups in total. The lowest BCUT2D eigenvalue weighted by atomic mass is 9.96. The van der Waals surface area contributed by atoms with E-state index in [4.69, 9.17) is 5.73 Å². The summed E-state index contributed by atoms with van der Waals surface area (Å²) in [6.45, 7) is 6.70. The first-order valence-corrected chi connectivity index (χ1v) is 5.69. The van der Waals surface area contributed by atoms with Gasteiger partial charge in [-0.3, -0.25) is 4.79 Å². The standard InChI is InChI=1S/C13H18F2N2O/c1-7-5-9(11(15)6-10(7)14)12(18)17-13(3,4)8(2)16/h5-6,8H,16H2,1-4H3,(H,17,18). The number of amides is 1. The summed E-state index contributed by atoms with van der Waals surface area (Å²) in [5, 5.41) is 2.63. The smallest absolute Gasteiger partial charge is 0.254 e. The van der Waals surface area contributed by atoms with Crippen LogP contribution < -0.4 is 11.1 Å². The summed E-state index contributed by atoms with van der Waals surface area (Å²) >= 11 is 0. The van der Waals surface area contributed by atoms with Gasteiger partial charge in [-0.2, -0.15) is 0 Å².